The molecule has 0 radical (unpaired) electrons. The van der Waals surface area contributed by atoms with Crippen LogP contribution in [0.5, 0.6) is 0 Å². The Balaban J connectivity index is 2.45. The first-order valence-corrected chi connectivity index (χ1v) is 8.77. The highest BCUT2D eigenvalue weighted by molar-refractivity contribution is 8.00. The van der Waals surface area contributed by atoms with Crippen LogP contribution in [0, 0.1) is 0 Å². The molecular formula is C16H18ClN3O4S. The van der Waals surface area contributed by atoms with Crippen LogP contribution in [-0.2, 0) is 9.53 Å². The Kier molecular flexibility index (Phi) is 6.07. The number of nitrogens with zero attached hydrogens (tertiary/aromatic N) is 2. The largest absolute Gasteiger partial charge is 0.453 e. The first-order chi connectivity index (χ1) is 11.7. The SMILES string of the molecule is COC(=O)NC(=O)[C@H](C)Sc1nc2cc(Cl)ccc2c(=O)n1C(C)C. The summed E-state index contributed by atoms with van der Waals surface area (Å²) >= 11 is 7.07. The van der Waals surface area contributed by atoms with Gasteiger partial charge in [0.2, 0.25) is 5.91 Å². The smallest absolute Gasteiger partial charge is 0.413 e. The van der Waals surface area contributed by atoms with Crippen LogP contribution in [-0.4, -0.2) is 33.9 Å². The number of hydrogen-bond donors (Lipinski definition) is 1. The van der Waals surface area contributed by atoms with Crippen molar-refractivity contribution in [3.8, 4) is 0 Å². The minimum absolute atomic E-state index is 0.154. The summed E-state index contributed by atoms with van der Waals surface area (Å²) in [6.07, 6.45) is -0.836. The van der Waals surface area contributed by atoms with E-state index in [-0.39, 0.29) is 11.6 Å². The van der Waals surface area contributed by atoms with Crippen LogP contribution in [0.2, 0.25) is 5.02 Å². The molecule has 1 aromatic carbocycles. The van der Waals surface area contributed by atoms with Gasteiger partial charge in [-0.05, 0) is 39.0 Å². The van der Waals surface area contributed by atoms with Crippen molar-refractivity contribution in [1.82, 2.24) is 14.9 Å². The number of nitrogens with one attached hydrogen (secondary N) is 1. The van der Waals surface area contributed by atoms with Crippen molar-refractivity contribution >= 4 is 46.3 Å². The van der Waals surface area contributed by atoms with E-state index in [1.807, 2.05) is 13.8 Å². The molecule has 0 saturated carbocycles. The van der Waals surface area contributed by atoms with E-state index in [0.29, 0.717) is 21.1 Å². The number of methoxy groups -OCH3 is 1. The zero-order valence-electron chi connectivity index (χ0n) is 14.2. The first kappa shape index (κ1) is 19.3. The monoisotopic (exact) mass is 383 g/mol. The predicted molar refractivity (Wildman–Crippen MR) is 97.3 cm³/mol. The summed E-state index contributed by atoms with van der Waals surface area (Å²) in [7, 11) is 1.17. The van der Waals surface area contributed by atoms with Gasteiger partial charge in [-0.1, -0.05) is 23.4 Å². The van der Waals surface area contributed by atoms with Gasteiger partial charge < -0.3 is 4.74 Å². The van der Waals surface area contributed by atoms with E-state index >= 15 is 0 Å². The molecule has 0 aliphatic heterocycles. The molecule has 2 aromatic rings. The summed E-state index contributed by atoms with van der Waals surface area (Å²) in [5.41, 5.74) is 0.247. The zero-order chi connectivity index (χ0) is 18.7. The number of thioether (sulfide) groups is 1. The molecule has 2 rings (SSSR count). The number of amides is 2. The summed E-state index contributed by atoms with van der Waals surface area (Å²) in [5.74, 6) is -0.535. The number of carbonyl (C=O) groups is 2. The Bertz CT molecular complexity index is 882. The summed E-state index contributed by atoms with van der Waals surface area (Å²) in [6, 6.07) is 4.72. The number of benzene rings is 1. The topological polar surface area (TPSA) is 90.3 Å². The van der Waals surface area contributed by atoms with Crippen LogP contribution in [0.15, 0.2) is 28.2 Å². The summed E-state index contributed by atoms with van der Waals surface area (Å²) in [4.78, 5) is 40.5. The molecule has 0 fully saturated rings. The van der Waals surface area contributed by atoms with Crippen molar-refractivity contribution in [2.24, 2.45) is 0 Å². The van der Waals surface area contributed by atoms with E-state index in [1.165, 1.54) is 11.7 Å². The number of carbonyl (C=O) groups excluding carboxylic acids is 2. The normalized spacial score (nSPS) is 12.2. The van der Waals surface area contributed by atoms with Gasteiger partial charge in [-0.15, -0.1) is 0 Å². The maximum absolute atomic E-state index is 12.8. The number of ether oxygens (including phenoxy) is 1. The van der Waals surface area contributed by atoms with Crippen molar-refractivity contribution < 1.29 is 14.3 Å². The highest BCUT2D eigenvalue weighted by Crippen LogP contribution is 2.25. The van der Waals surface area contributed by atoms with Gasteiger partial charge in [-0.25, -0.2) is 9.78 Å². The van der Waals surface area contributed by atoms with Crippen molar-refractivity contribution in [2.75, 3.05) is 7.11 Å². The lowest BCUT2D eigenvalue weighted by atomic mass is 10.2. The average Bonchev–Trinajstić information content (AvgIpc) is 2.53. The molecule has 0 aliphatic rings. The number of fused-ring (bicyclic) bond motifs is 1. The third-order valence-electron chi connectivity index (χ3n) is 3.41. The Hall–Kier alpha value is -2.06. The minimum atomic E-state index is -0.836. The molecule has 134 valence electrons. The highest BCUT2D eigenvalue weighted by atomic mass is 35.5. The second-order valence-corrected chi connectivity index (χ2v) is 7.31. The molecule has 7 nitrogen and oxygen atoms in total. The van der Waals surface area contributed by atoms with Gasteiger partial charge in [0.15, 0.2) is 5.16 Å². The van der Waals surface area contributed by atoms with Crippen LogP contribution in [0.1, 0.15) is 26.8 Å². The molecule has 0 unspecified atom stereocenters. The molecule has 0 bridgehead atoms. The third kappa shape index (κ3) is 4.32. The highest BCUT2D eigenvalue weighted by Gasteiger charge is 2.22. The lowest BCUT2D eigenvalue weighted by Crippen LogP contribution is -2.36. The van der Waals surface area contributed by atoms with E-state index in [0.717, 1.165) is 11.8 Å². The fourth-order valence-corrected chi connectivity index (χ4v) is 3.36. The van der Waals surface area contributed by atoms with Gasteiger partial charge in [-0.3, -0.25) is 19.5 Å². The molecule has 1 atom stereocenters. The van der Waals surface area contributed by atoms with Crippen LogP contribution in [0.4, 0.5) is 4.79 Å². The third-order valence-corrected chi connectivity index (χ3v) is 4.71. The lowest BCUT2D eigenvalue weighted by molar-refractivity contribution is -0.119. The Morgan fingerprint density at radius 2 is 2.00 bits per heavy atom. The van der Waals surface area contributed by atoms with E-state index in [4.69, 9.17) is 11.6 Å². The summed E-state index contributed by atoms with van der Waals surface area (Å²) in [5, 5.41) is 2.74. The van der Waals surface area contributed by atoms with Crippen LogP contribution < -0.4 is 10.9 Å². The molecule has 1 aromatic heterocycles. The Morgan fingerprint density at radius 3 is 2.60 bits per heavy atom. The van der Waals surface area contributed by atoms with Gasteiger partial charge in [0.05, 0.1) is 23.3 Å². The Morgan fingerprint density at radius 1 is 1.32 bits per heavy atom. The number of rotatable bonds is 4. The first-order valence-electron chi connectivity index (χ1n) is 7.51. The van der Waals surface area contributed by atoms with Crippen molar-refractivity contribution in [2.45, 2.75) is 37.2 Å². The molecule has 1 N–H and O–H groups in total. The second kappa shape index (κ2) is 7.88. The van der Waals surface area contributed by atoms with E-state index in [9.17, 15) is 14.4 Å². The minimum Gasteiger partial charge on any atom is -0.453 e. The number of halogens is 1. The van der Waals surface area contributed by atoms with Crippen LogP contribution in [0.25, 0.3) is 10.9 Å². The van der Waals surface area contributed by atoms with Gasteiger partial charge in [0.25, 0.3) is 5.56 Å². The molecule has 0 aliphatic carbocycles. The maximum atomic E-state index is 12.8. The fraction of sp³-hybridized carbons (Fsp3) is 0.375. The van der Waals surface area contributed by atoms with Gasteiger partial charge in [0.1, 0.15) is 0 Å². The van der Waals surface area contributed by atoms with Gasteiger partial charge in [0, 0.05) is 11.1 Å². The maximum Gasteiger partial charge on any atom is 0.413 e. The molecule has 0 saturated heterocycles. The number of imide groups is 1. The van der Waals surface area contributed by atoms with E-state index < -0.39 is 17.3 Å². The van der Waals surface area contributed by atoms with E-state index in [1.54, 1.807) is 25.1 Å². The predicted octanol–water partition coefficient (Wildman–Crippen LogP) is 2.99. The molecule has 2 amide bonds. The van der Waals surface area contributed by atoms with E-state index in [2.05, 4.69) is 15.0 Å². The zero-order valence-corrected chi connectivity index (χ0v) is 15.8. The quantitative estimate of drug-likeness (QED) is 0.644. The van der Waals surface area contributed by atoms with Gasteiger partial charge in [-0.2, -0.15) is 0 Å². The molecule has 25 heavy (non-hydrogen) atoms. The molecule has 1 heterocycles. The standard InChI is InChI=1S/C16H18ClN3O4S/c1-8(2)20-14(22)11-6-5-10(17)7-12(11)18-15(20)25-9(3)13(21)19-16(23)24-4/h5-9H,1-4H3,(H,19,21,23)/t9-/m0/s1. The fourth-order valence-electron chi connectivity index (χ4n) is 2.16. The lowest BCUT2D eigenvalue weighted by Gasteiger charge is -2.18. The van der Waals surface area contributed by atoms with Crippen molar-refractivity contribution in [1.29, 1.82) is 0 Å². The number of alkyl carbamates (subject to hydrolysis) is 1. The van der Waals surface area contributed by atoms with Crippen LogP contribution in [0.3, 0.4) is 0 Å². The van der Waals surface area contributed by atoms with Crippen LogP contribution >= 0.6 is 23.4 Å². The average molecular weight is 384 g/mol. The second-order valence-electron chi connectivity index (χ2n) is 5.57. The number of aromatic nitrogens is 2. The summed E-state index contributed by atoms with van der Waals surface area (Å²) in [6.45, 7) is 5.32. The number of hydrogen-bond acceptors (Lipinski definition) is 6. The Labute approximate surface area is 153 Å². The molecular weight excluding hydrogens is 366 g/mol. The molecule has 0 spiro atoms. The van der Waals surface area contributed by atoms with Crippen molar-refractivity contribution in [3.63, 3.8) is 0 Å². The van der Waals surface area contributed by atoms with Gasteiger partial charge >= 0.3 is 6.09 Å². The molecule has 9 heteroatoms. The van der Waals surface area contributed by atoms with Crippen molar-refractivity contribution in [3.05, 3.63) is 33.6 Å². The summed E-state index contributed by atoms with van der Waals surface area (Å²) < 4.78 is 5.92.